The lowest BCUT2D eigenvalue weighted by Crippen LogP contribution is -2.02. The van der Waals surface area contributed by atoms with Gasteiger partial charge in [0.2, 0.25) is 0 Å². The number of hydrogen-bond donors (Lipinski definition) is 0. The van der Waals surface area contributed by atoms with E-state index in [0.29, 0.717) is 10.8 Å². The average molecular weight is 384 g/mol. The maximum Gasteiger partial charge on any atom is 0.191 e. The van der Waals surface area contributed by atoms with Gasteiger partial charge in [-0.05, 0) is 34.7 Å². The molecule has 0 aliphatic carbocycles. The Balaban J connectivity index is 1.56. The van der Waals surface area contributed by atoms with Crippen LogP contribution in [0.5, 0.6) is 0 Å². The number of benzene rings is 2. The lowest BCUT2D eigenvalue weighted by atomic mass is 10.2. The first kappa shape index (κ1) is 16.7. The van der Waals surface area contributed by atoms with E-state index >= 15 is 0 Å². The molecular formula is C17H14ClN7S. The molecule has 4 rings (SSSR count). The molecule has 0 saturated carbocycles. The second-order valence-corrected chi connectivity index (χ2v) is 6.83. The zero-order chi connectivity index (χ0) is 17.9. The van der Waals surface area contributed by atoms with Gasteiger partial charge in [0.1, 0.15) is 0 Å². The summed E-state index contributed by atoms with van der Waals surface area (Å²) in [5.74, 6) is 2.03. The molecule has 2 aromatic heterocycles. The molecule has 4 aromatic rings. The summed E-state index contributed by atoms with van der Waals surface area (Å²) in [6, 6.07) is 17.4. The zero-order valence-corrected chi connectivity index (χ0v) is 15.4. The summed E-state index contributed by atoms with van der Waals surface area (Å²) in [6.45, 7) is 0. The molecule has 0 N–H and O–H groups in total. The van der Waals surface area contributed by atoms with Gasteiger partial charge in [-0.15, -0.1) is 15.3 Å². The molecule has 2 aromatic carbocycles. The number of halogens is 1. The van der Waals surface area contributed by atoms with E-state index in [1.54, 1.807) is 4.68 Å². The number of nitrogens with zero attached hydrogens (tertiary/aromatic N) is 7. The Morgan fingerprint density at radius 3 is 2.54 bits per heavy atom. The molecule has 9 heteroatoms. The summed E-state index contributed by atoms with van der Waals surface area (Å²) in [6.07, 6.45) is 0. The highest BCUT2D eigenvalue weighted by atomic mass is 35.5. The van der Waals surface area contributed by atoms with Gasteiger partial charge in [0.25, 0.3) is 0 Å². The number of rotatable bonds is 5. The minimum atomic E-state index is 0.566. The summed E-state index contributed by atoms with van der Waals surface area (Å²) in [4.78, 5) is 0. The van der Waals surface area contributed by atoms with E-state index in [2.05, 4.69) is 25.7 Å². The molecule has 0 saturated heterocycles. The molecule has 130 valence electrons. The second-order valence-electron chi connectivity index (χ2n) is 5.48. The average Bonchev–Trinajstić information content (AvgIpc) is 3.28. The molecule has 0 aliphatic heterocycles. The van der Waals surface area contributed by atoms with Gasteiger partial charge in [0.15, 0.2) is 16.8 Å². The highest BCUT2D eigenvalue weighted by Gasteiger charge is 2.15. The quantitative estimate of drug-likeness (QED) is 0.492. The maximum absolute atomic E-state index is 6.27. The third-order valence-electron chi connectivity index (χ3n) is 3.81. The normalized spacial score (nSPS) is 11.0. The fraction of sp³-hybridized carbons (Fsp3) is 0.118. The Labute approximate surface area is 159 Å². The van der Waals surface area contributed by atoms with E-state index in [1.807, 2.05) is 66.2 Å². The Morgan fingerprint density at radius 2 is 1.73 bits per heavy atom. The van der Waals surface area contributed by atoms with Gasteiger partial charge in [0, 0.05) is 12.6 Å². The first-order valence-electron chi connectivity index (χ1n) is 7.84. The van der Waals surface area contributed by atoms with Crippen molar-refractivity contribution < 1.29 is 0 Å². The van der Waals surface area contributed by atoms with Crippen LogP contribution in [0, 0.1) is 0 Å². The van der Waals surface area contributed by atoms with E-state index in [-0.39, 0.29) is 0 Å². The largest absolute Gasteiger partial charge is 0.305 e. The van der Waals surface area contributed by atoms with Crippen molar-refractivity contribution in [3.63, 3.8) is 0 Å². The summed E-state index contributed by atoms with van der Waals surface area (Å²) in [7, 11) is 1.92. The third-order valence-corrected chi connectivity index (χ3v) is 5.16. The van der Waals surface area contributed by atoms with E-state index < -0.39 is 0 Å². The SMILES string of the molecule is Cn1c(SCc2nnnn2-c2ccccc2)nnc1-c1ccccc1Cl. The molecule has 0 radical (unpaired) electrons. The van der Waals surface area contributed by atoms with Gasteiger partial charge in [-0.3, -0.25) is 0 Å². The Kier molecular flexibility index (Phi) is 4.68. The third kappa shape index (κ3) is 3.21. The zero-order valence-electron chi connectivity index (χ0n) is 13.8. The predicted molar refractivity (Wildman–Crippen MR) is 100 cm³/mol. The number of aromatic nitrogens is 7. The van der Waals surface area contributed by atoms with Crippen molar-refractivity contribution in [1.82, 2.24) is 35.0 Å². The summed E-state index contributed by atoms with van der Waals surface area (Å²) >= 11 is 7.79. The number of para-hydroxylation sites is 1. The van der Waals surface area contributed by atoms with E-state index in [1.165, 1.54) is 11.8 Å². The number of tetrazole rings is 1. The van der Waals surface area contributed by atoms with Gasteiger partial charge in [-0.1, -0.05) is 53.7 Å². The lowest BCUT2D eigenvalue weighted by molar-refractivity contribution is 0.774. The highest BCUT2D eigenvalue weighted by Crippen LogP contribution is 2.29. The van der Waals surface area contributed by atoms with Crippen LogP contribution in [0.2, 0.25) is 5.02 Å². The summed E-state index contributed by atoms with van der Waals surface area (Å²) in [5.41, 5.74) is 1.77. The van der Waals surface area contributed by atoms with Crippen molar-refractivity contribution >= 4 is 23.4 Å². The lowest BCUT2D eigenvalue weighted by Gasteiger charge is -2.06. The molecule has 0 spiro atoms. The van der Waals surface area contributed by atoms with Gasteiger partial charge >= 0.3 is 0 Å². The molecule has 0 unspecified atom stereocenters. The molecule has 0 fully saturated rings. The van der Waals surface area contributed by atoms with Crippen molar-refractivity contribution in [2.24, 2.45) is 7.05 Å². The molecule has 2 heterocycles. The van der Waals surface area contributed by atoms with Crippen LogP contribution in [-0.2, 0) is 12.8 Å². The second kappa shape index (κ2) is 7.27. The maximum atomic E-state index is 6.27. The van der Waals surface area contributed by atoms with Crippen LogP contribution in [0.4, 0.5) is 0 Å². The van der Waals surface area contributed by atoms with Crippen LogP contribution in [0.1, 0.15) is 5.82 Å². The van der Waals surface area contributed by atoms with Crippen molar-refractivity contribution in [2.75, 3.05) is 0 Å². The monoisotopic (exact) mass is 383 g/mol. The van der Waals surface area contributed by atoms with Crippen LogP contribution in [0.3, 0.4) is 0 Å². The predicted octanol–water partition coefficient (Wildman–Crippen LogP) is 3.40. The molecule has 7 nitrogen and oxygen atoms in total. The fourth-order valence-corrected chi connectivity index (χ4v) is 3.55. The van der Waals surface area contributed by atoms with E-state index in [0.717, 1.165) is 28.1 Å². The highest BCUT2D eigenvalue weighted by molar-refractivity contribution is 7.98. The van der Waals surface area contributed by atoms with Gasteiger partial charge in [0.05, 0.1) is 16.5 Å². The van der Waals surface area contributed by atoms with Crippen LogP contribution in [0.15, 0.2) is 59.8 Å². The minimum Gasteiger partial charge on any atom is -0.305 e. The van der Waals surface area contributed by atoms with Crippen LogP contribution < -0.4 is 0 Å². The smallest absolute Gasteiger partial charge is 0.191 e. The van der Waals surface area contributed by atoms with E-state index in [9.17, 15) is 0 Å². The van der Waals surface area contributed by atoms with Gasteiger partial charge in [-0.25, -0.2) is 0 Å². The van der Waals surface area contributed by atoms with Crippen molar-refractivity contribution in [1.29, 1.82) is 0 Å². The first-order chi connectivity index (χ1) is 12.7. The fourth-order valence-electron chi connectivity index (χ4n) is 2.51. The topological polar surface area (TPSA) is 74.3 Å². The van der Waals surface area contributed by atoms with Crippen molar-refractivity contribution in [2.45, 2.75) is 10.9 Å². The summed E-state index contributed by atoms with van der Waals surface area (Å²) < 4.78 is 3.64. The molecule has 0 amide bonds. The molecular weight excluding hydrogens is 370 g/mol. The van der Waals surface area contributed by atoms with E-state index in [4.69, 9.17) is 11.6 Å². The molecule has 0 bridgehead atoms. The Bertz CT molecular complexity index is 1030. The van der Waals surface area contributed by atoms with Crippen molar-refractivity contribution in [3.05, 3.63) is 65.4 Å². The number of hydrogen-bond acceptors (Lipinski definition) is 6. The van der Waals surface area contributed by atoms with Crippen LogP contribution in [-0.4, -0.2) is 35.0 Å². The molecule has 0 aliphatic rings. The van der Waals surface area contributed by atoms with Crippen LogP contribution in [0.25, 0.3) is 17.1 Å². The van der Waals surface area contributed by atoms with Crippen LogP contribution >= 0.6 is 23.4 Å². The van der Waals surface area contributed by atoms with Crippen molar-refractivity contribution in [3.8, 4) is 17.1 Å². The summed E-state index contributed by atoms with van der Waals surface area (Å²) in [5, 5.41) is 21.9. The molecule has 0 atom stereocenters. The minimum absolute atomic E-state index is 0.566. The number of thioether (sulfide) groups is 1. The Hall–Kier alpha value is -2.71. The Morgan fingerprint density at radius 1 is 0.962 bits per heavy atom. The molecule has 26 heavy (non-hydrogen) atoms. The van der Waals surface area contributed by atoms with Gasteiger partial charge in [-0.2, -0.15) is 4.68 Å². The first-order valence-corrected chi connectivity index (χ1v) is 9.20. The standard InChI is InChI=1S/C17H14ClN7S/c1-24-16(13-9-5-6-10-14(13)18)20-21-17(24)26-11-15-19-22-23-25(15)12-7-3-2-4-8-12/h2-10H,11H2,1H3. The van der Waals surface area contributed by atoms with Gasteiger partial charge < -0.3 is 4.57 Å².